The fourth-order valence-corrected chi connectivity index (χ4v) is 2.94. The molecule has 2 aromatic carbocycles. The summed E-state index contributed by atoms with van der Waals surface area (Å²) in [6.07, 6.45) is 7.40. The van der Waals surface area contributed by atoms with Gasteiger partial charge in [0.15, 0.2) is 0 Å². The maximum absolute atomic E-state index is 12.6. The number of rotatable bonds is 8. The maximum Gasteiger partial charge on any atom is 0.200 e. The lowest BCUT2D eigenvalue weighted by atomic mass is 10.1. The van der Waals surface area contributed by atoms with Crippen LogP contribution in [0.15, 0.2) is 51.7 Å². The van der Waals surface area contributed by atoms with E-state index in [4.69, 9.17) is 9.15 Å². The first-order valence-electron chi connectivity index (χ1n) is 8.88. The Kier molecular flexibility index (Phi) is 5.52. The van der Waals surface area contributed by atoms with Gasteiger partial charge < -0.3 is 9.15 Å². The van der Waals surface area contributed by atoms with Gasteiger partial charge in [-0.25, -0.2) is 0 Å². The minimum Gasteiger partial charge on any atom is -0.494 e. The highest BCUT2D eigenvalue weighted by atomic mass is 16.5. The lowest BCUT2D eigenvalue weighted by Gasteiger charge is -2.07. The van der Waals surface area contributed by atoms with E-state index in [-0.39, 0.29) is 5.43 Å². The van der Waals surface area contributed by atoms with Gasteiger partial charge in [0.1, 0.15) is 16.9 Å². The van der Waals surface area contributed by atoms with E-state index in [0.29, 0.717) is 28.5 Å². The van der Waals surface area contributed by atoms with Crippen molar-refractivity contribution in [1.82, 2.24) is 0 Å². The summed E-state index contributed by atoms with van der Waals surface area (Å²) in [6.45, 7) is 2.92. The first-order valence-corrected chi connectivity index (χ1v) is 8.88. The Morgan fingerprint density at radius 1 is 0.875 bits per heavy atom. The van der Waals surface area contributed by atoms with E-state index in [9.17, 15) is 4.79 Å². The molecule has 3 heteroatoms. The van der Waals surface area contributed by atoms with Crippen LogP contribution in [0.2, 0.25) is 0 Å². The molecule has 0 saturated carbocycles. The van der Waals surface area contributed by atoms with Crippen LogP contribution in [0.1, 0.15) is 45.4 Å². The Hall–Kier alpha value is -2.29. The molecule has 0 aliphatic carbocycles. The van der Waals surface area contributed by atoms with Crippen molar-refractivity contribution < 1.29 is 9.15 Å². The van der Waals surface area contributed by atoms with Gasteiger partial charge in [-0.05, 0) is 36.8 Å². The number of fused-ring (bicyclic) bond motifs is 2. The van der Waals surface area contributed by atoms with Gasteiger partial charge in [-0.1, -0.05) is 51.2 Å². The molecule has 0 fully saturated rings. The second kappa shape index (κ2) is 8.00. The molecular formula is C21H24O3. The Morgan fingerprint density at radius 3 is 2.50 bits per heavy atom. The summed E-state index contributed by atoms with van der Waals surface area (Å²) in [5.74, 6) is 0.735. The van der Waals surface area contributed by atoms with Crippen LogP contribution in [0.4, 0.5) is 0 Å². The number of para-hydroxylation sites is 1. The van der Waals surface area contributed by atoms with Crippen molar-refractivity contribution in [1.29, 1.82) is 0 Å². The van der Waals surface area contributed by atoms with Crippen molar-refractivity contribution in [2.75, 3.05) is 6.61 Å². The summed E-state index contributed by atoms with van der Waals surface area (Å²) in [7, 11) is 0. The molecule has 0 spiro atoms. The quantitative estimate of drug-likeness (QED) is 0.395. The SMILES string of the molecule is CCCCCCCCOc1ccc2oc3ccccc3c(=O)c2c1. The highest BCUT2D eigenvalue weighted by molar-refractivity contribution is 5.90. The number of hydrogen-bond acceptors (Lipinski definition) is 3. The molecule has 3 aromatic rings. The minimum absolute atomic E-state index is 0.00290. The van der Waals surface area contributed by atoms with Crippen LogP contribution in [0.3, 0.4) is 0 Å². The van der Waals surface area contributed by atoms with E-state index in [1.54, 1.807) is 12.1 Å². The highest BCUT2D eigenvalue weighted by Crippen LogP contribution is 2.22. The third-order valence-electron chi connectivity index (χ3n) is 4.31. The second-order valence-electron chi connectivity index (χ2n) is 6.20. The highest BCUT2D eigenvalue weighted by Gasteiger charge is 2.08. The molecule has 0 atom stereocenters. The summed E-state index contributed by atoms with van der Waals surface area (Å²) >= 11 is 0. The van der Waals surface area contributed by atoms with Gasteiger partial charge in [-0.3, -0.25) is 4.79 Å². The number of benzene rings is 2. The van der Waals surface area contributed by atoms with Gasteiger partial charge in [-0.2, -0.15) is 0 Å². The summed E-state index contributed by atoms with van der Waals surface area (Å²) in [5.41, 5.74) is 1.22. The van der Waals surface area contributed by atoms with Gasteiger partial charge >= 0.3 is 0 Å². The molecule has 1 aromatic heterocycles. The van der Waals surface area contributed by atoms with Gasteiger partial charge in [-0.15, -0.1) is 0 Å². The van der Waals surface area contributed by atoms with Crippen LogP contribution in [0, 0.1) is 0 Å². The molecule has 0 amide bonds. The number of unbranched alkanes of at least 4 members (excludes halogenated alkanes) is 5. The zero-order chi connectivity index (χ0) is 16.8. The third kappa shape index (κ3) is 3.78. The third-order valence-corrected chi connectivity index (χ3v) is 4.31. The van der Waals surface area contributed by atoms with Crippen molar-refractivity contribution >= 4 is 21.9 Å². The summed E-state index contributed by atoms with van der Waals surface area (Å²) < 4.78 is 11.6. The zero-order valence-electron chi connectivity index (χ0n) is 14.2. The molecule has 0 radical (unpaired) electrons. The van der Waals surface area contributed by atoms with Crippen molar-refractivity contribution in [2.45, 2.75) is 45.4 Å². The van der Waals surface area contributed by atoms with Gasteiger partial charge in [0.2, 0.25) is 5.43 Å². The molecule has 0 bridgehead atoms. The molecule has 0 unspecified atom stereocenters. The van der Waals surface area contributed by atoms with Crippen LogP contribution in [-0.2, 0) is 0 Å². The lowest BCUT2D eigenvalue weighted by Crippen LogP contribution is -2.03. The number of ether oxygens (including phenoxy) is 1. The Morgan fingerprint density at radius 2 is 1.62 bits per heavy atom. The van der Waals surface area contributed by atoms with Gasteiger partial charge in [0.25, 0.3) is 0 Å². The average Bonchev–Trinajstić information content (AvgIpc) is 2.61. The predicted octanol–water partition coefficient (Wildman–Crippen LogP) is 5.69. The van der Waals surface area contributed by atoms with Crippen LogP contribution in [0.5, 0.6) is 5.75 Å². The Balaban J connectivity index is 1.68. The second-order valence-corrected chi connectivity index (χ2v) is 6.20. The molecule has 3 rings (SSSR count). The summed E-state index contributed by atoms with van der Waals surface area (Å²) in [5, 5.41) is 1.19. The van der Waals surface area contributed by atoms with Crippen LogP contribution < -0.4 is 10.2 Å². The van der Waals surface area contributed by atoms with E-state index < -0.39 is 0 Å². The normalized spacial score (nSPS) is 11.2. The molecular weight excluding hydrogens is 300 g/mol. The Labute approximate surface area is 142 Å². The maximum atomic E-state index is 12.6. The van der Waals surface area contributed by atoms with Crippen molar-refractivity contribution in [2.24, 2.45) is 0 Å². The smallest absolute Gasteiger partial charge is 0.200 e. The van der Waals surface area contributed by atoms with Crippen molar-refractivity contribution in [3.63, 3.8) is 0 Å². The first kappa shape index (κ1) is 16.6. The topological polar surface area (TPSA) is 39.4 Å². The van der Waals surface area contributed by atoms with Crippen LogP contribution in [0.25, 0.3) is 21.9 Å². The van der Waals surface area contributed by atoms with E-state index in [1.165, 1.54) is 32.1 Å². The molecule has 0 aliphatic heterocycles. The van der Waals surface area contributed by atoms with Crippen LogP contribution >= 0.6 is 0 Å². The van der Waals surface area contributed by atoms with E-state index in [2.05, 4.69) is 6.92 Å². The standard InChI is InChI=1S/C21H24O3/c1-2-3-4-5-6-9-14-23-16-12-13-20-18(15-16)21(22)17-10-7-8-11-19(17)24-20/h7-8,10-13,15H,2-6,9,14H2,1H3. The average molecular weight is 324 g/mol. The molecule has 0 saturated heterocycles. The van der Waals surface area contributed by atoms with E-state index >= 15 is 0 Å². The lowest BCUT2D eigenvalue weighted by molar-refractivity contribution is 0.304. The fraction of sp³-hybridized carbons (Fsp3) is 0.381. The van der Waals surface area contributed by atoms with Gasteiger partial charge in [0.05, 0.1) is 17.4 Å². The molecule has 1 heterocycles. The van der Waals surface area contributed by atoms with E-state index in [0.717, 1.165) is 12.2 Å². The molecule has 126 valence electrons. The monoisotopic (exact) mass is 324 g/mol. The van der Waals surface area contributed by atoms with Gasteiger partial charge in [0, 0.05) is 0 Å². The minimum atomic E-state index is -0.00290. The zero-order valence-corrected chi connectivity index (χ0v) is 14.2. The van der Waals surface area contributed by atoms with E-state index in [1.807, 2.05) is 30.3 Å². The summed E-state index contributed by atoms with van der Waals surface area (Å²) in [6, 6.07) is 12.8. The molecule has 3 nitrogen and oxygen atoms in total. The summed E-state index contributed by atoms with van der Waals surface area (Å²) in [4.78, 5) is 12.6. The van der Waals surface area contributed by atoms with Crippen molar-refractivity contribution in [3.05, 3.63) is 52.7 Å². The molecule has 24 heavy (non-hydrogen) atoms. The largest absolute Gasteiger partial charge is 0.494 e. The molecule has 0 aliphatic rings. The van der Waals surface area contributed by atoms with Crippen LogP contribution in [-0.4, -0.2) is 6.61 Å². The predicted molar refractivity (Wildman–Crippen MR) is 98.9 cm³/mol. The molecule has 0 N–H and O–H groups in total. The van der Waals surface area contributed by atoms with Crippen molar-refractivity contribution in [3.8, 4) is 5.75 Å². The first-order chi connectivity index (χ1) is 11.8. The number of hydrogen-bond donors (Lipinski definition) is 0. The Bertz CT molecular complexity index is 864. The fourth-order valence-electron chi connectivity index (χ4n) is 2.94.